The lowest BCUT2D eigenvalue weighted by molar-refractivity contribution is 0.00578. The van der Waals surface area contributed by atoms with Crippen molar-refractivity contribution in [1.82, 2.24) is 4.90 Å². The third-order valence-corrected chi connectivity index (χ3v) is 6.26. The van der Waals surface area contributed by atoms with Crippen LogP contribution in [-0.4, -0.2) is 55.1 Å². The standard InChI is InChI=1S/C23H36BNO5/c1-21(2,3)28-20(26)25-11-9-10-16(15-25)17-12-18(14-19(13-17)27-8)24-29-22(4,5)23(6,7)30-24/h12-14,16H,9-11,15H2,1-8H3. The quantitative estimate of drug-likeness (QED) is 0.693. The highest BCUT2D eigenvalue weighted by atomic mass is 16.7. The number of benzene rings is 1. The van der Waals surface area contributed by atoms with Crippen LogP contribution in [0.15, 0.2) is 18.2 Å². The van der Waals surface area contributed by atoms with E-state index in [1.807, 2.05) is 59.4 Å². The van der Waals surface area contributed by atoms with Gasteiger partial charge >= 0.3 is 13.2 Å². The highest BCUT2D eigenvalue weighted by molar-refractivity contribution is 6.62. The molecule has 2 heterocycles. The van der Waals surface area contributed by atoms with Crippen molar-refractivity contribution in [2.45, 2.75) is 84.0 Å². The fourth-order valence-electron chi connectivity index (χ4n) is 3.86. The summed E-state index contributed by atoms with van der Waals surface area (Å²) in [5.74, 6) is 0.981. The molecule has 2 aliphatic rings. The van der Waals surface area contributed by atoms with E-state index in [0.717, 1.165) is 36.2 Å². The second-order valence-electron chi connectivity index (χ2n) is 10.4. The van der Waals surface area contributed by atoms with Crippen LogP contribution in [-0.2, 0) is 14.0 Å². The molecule has 1 aromatic rings. The number of likely N-dealkylation sites (tertiary alicyclic amines) is 1. The van der Waals surface area contributed by atoms with Crippen molar-refractivity contribution in [2.75, 3.05) is 20.2 Å². The van der Waals surface area contributed by atoms with E-state index in [1.54, 1.807) is 7.11 Å². The zero-order chi connectivity index (χ0) is 22.3. The predicted molar refractivity (Wildman–Crippen MR) is 118 cm³/mol. The molecular weight excluding hydrogens is 381 g/mol. The maximum Gasteiger partial charge on any atom is 0.494 e. The maximum absolute atomic E-state index is 12.6. The maximum atomic E-state index is 12.6. The van der Waals surface area contributed by atoms with Gasteiger partial charge in [-0.05, 0) is 84.5 Å². The van der Waals surface area contributed by atoms with Crippen LogP contribution in [0.3, 0.4) is 0 Å². The van der Waals surface area contributed by atoms with E-state index in [-0.39, 0.29) is 12.0 Å². The predicted octanol–water partition coefficient (Wildman–Crippen LogP) is 4.11. The Hall–Kier alpha value is -1.73. The first-order valence-electron chi connectivity index (χ1n) is 10.8. The molecule has 2 fully saturated rings. The number of hydrogen-bond acceptors (Lipinski definition) is 5. The van der Waals surface area contributed by atoms with E-state index >= 15 is 0 Å². The number of nitrogens with zero attached hydrogens (tertiary/aromatic N) is 1. The van der Waals surface area contributed by atoms with Gasteiger partial charge in [-0.3, -0.25) is 0 Å². The van der Waals surface area contributed by atoms with Gasteiger partial charge in [0.25, 0.3) is 0 Å². The van der Waals surface area contributed by atoms with E-state index in [4.69, 9.17) is 18.8 Å². The summed E-state index contributed by atoms with van der Waals surface area (Å²) in [6, 6.07) is 6.16. The number of rotatable bonds is 3. The van der Waals surface area contributed by atoms with Crippen LogP contribution in [0.5, 0.6) is 5.75 Å². The molecule has 0 saturated carbocycles. The van der Waals surface area contributed by atoms with E-state index in [9.17, 15) is 4.79 Å². The van der Waals surface area contributed by atoms with Crippen molar-refractivity contribution in [3.63, 3.8) is 0 Å². The molecule has 0 N–H and O–H groups in total. The van der Waals surface area contributed by atoms with Crippen LogP contribution in [0.4, 0.5) is 4.79 Å². The SMILES string of the molecule is COc1cc(B2OC(C)(C)C(C)(C)O2)cc(C2CCCN(C(=O)OC(C)(C)C)C2)c1. The Balaban J connectivity index is 1.82. The summed E-state index contributed by atoms with van der Waals surface area (Å²) in [4.78, 5) is 14.4. The molecule has 1 atom stereocenters. The molecule has 0 radical (unpaired) electrons. The Morgan fingerprint density at radius 1 is 1.13 bits per heavy atom. The van der Waals surface area contributed by atoms with Crippen LogP contribution < -0.4 is 10.2 Å². The van der Waals surface area contributed by atoms with E-state index in [0.29, 0.717) is 6.54 Å². The third-order valence-electron chi connectivity index (χ3n) is 6.26. The second kappa shape index (κ2) is 8.08. The van der Waals surface area contributed by atoms with Gasteiger partial charge < -0.3 is 23.7 Å². The summed E-state index contributed by atoms with van der Waals surface area (Å²) in [5, 5.41) is 0. The molecule has 0 aliphatic carbocycles. The summed E-state index contributed by atoms with van der Waals surface area (Å²) < 4.78 is 23.6. The summed E-state index contributed by atoms with van der Waals surface area (Å²) in [7, 11) is 1.22. The summed E-state index contributed by atoms with van der Waals surface area (Å²) in [5.41, 5.74) is 0.771. The van der Waals surface area contributed by atoms with Gasteiger partial charge in [-0.2, -0.15) is 0 Å². The lowest BCUT2D eigenvalue weighted by Gasteiger charge is -2.34. The minimum Gasteiger partial charge on any atom is -0.497 e. The second-order valence-corrected chi connectivity index (χ2v) is 10.4. The lowest BCUT2D eigenvalue weighted by atomic mass is 9.76. The normalized spacial score (nSPS) is 23.4. The molecule has 7 heteroatoms. The first-order valence-corrected chi connectivity index (χ1v) is 10.8. The Morgan fingerprint density at radius 3 is 2.33 bits per heavy atom. The van der Waals surface area contributed by atoms with Crippen LogP contribution in [0.25, 0.3) is 0 Å². The van der Waals surface area contributed by atoms with Crippen LogP contribution in [0.1, 0.15) is 72.8 Å². The van der Waals surface area contributed by atoms with Gasteiger partial charge in [0.1, 0.15) is 11.4 Å². The van der Waals surface area contributed by atoms with Crippen LogP contribution in [0, 0.1) is 0 Å². The van der Waals surface area contributed by atoms with Gasteiger partial charge in [-0.1, -0.05) is 6.07 Å². The molecule has 1 amide bonds. The zero-order valence-corrected chi connectivity index (χ0v) is 19.7. The molecule has 0 bridgehead atoms. The molecular formula is C23H36BNO5. The highest BCUT2D eigenvalue weighted by Gasteiger charge is 2.52. The lowest BCUT2D eigenvalue weighted by Crippen LogP contribution is -2.42. The van der Waals surface area contributed by atoms with Gasteiger partial charge in [0.05, 0.1) is 18.3 Å². The molecule has 166 valence electrons. The Morgan fingerprint density at radius 2 is 1.77 bits per heavy atom. The highest BCUT2D eigenvalue weighted by Crippen LogP contribution is 2.37. The summed E-state index contributed by atoms with van der Waals surface area (Å²) in [6.45, 7) is 15.2. The molecule has 0 spiro atoms. The van der Waals surface area contributed by atoms with E-state index in [2.05, 4.69) is 12.1 Å². The molecule has 6 nitrogen and oxygen atoms in total. The van der Waals surface area contributed by atoms with Crippen LogP contribution in [0.2, 0.25) is 0 Å². The fraction of sp³-hybridized carbons (Fsp3) is 0.696. The summed E-state index contributed by atoms with van der Waals surface area (Å²) in [6.07, 6.45) is 1.70. The van der Waals surface area contributed by atoms with Crippen molar-refractivity contribution in [3.8, 4) is 5.75 Å². The molecule has 1 aromatic carbocycles. The van der Waals surface area contributed by atoms with Crippen molar-refractivity contribution in [1.29, 1.82) is 0 Å². The largest absolute Gasteiger partial charge is 0.497 e. The van der Waals surface area contributed by atoms with Crippen molar-refractivity contribution in [3.05, 3.63) is 23.8 Å². The average molecular weight is 417 g/mol. The molecule has 1 unspecified atom stereocenters. The van der Waals surface area contributed by atoms with Crippen molar-refractivity contribution >= 4 is 18.7 Å². The van der Waals surface area contributed by atoms with Gasteiger partial charge in [-0.25, -0.2) is 4.79 Å². The number of carbonyl (C=O) groups is 1. The third kappa shape index (κ3) is 4.94. The molecule has 2 aliphatic heterocycles. The van der Waals surface area contributed by atoms with Gasteiger partial charge in [-0.15, -0.1) is 0 Å². The fourth-order valence-corrected chi connectivity index (χ4v) is 3.86. The minimum absolute atomic E-state index is 0.211. The molecule has 30 heavy (non-hydrogen) atoms. The van der Waals surface area contributed by atoms with Crippen LogP contribution >= 0.6 is 0 Å². The molecule has 3 rings (SSSR count). The number of hydrogen-bond donors (Lipinski definition) is 0. The van der Waals surface area contributed by atoms with Gasteiger partial charge in [0.15, 0.2) is 0 Å². The van der Waals surface area contributed by atoms with Crippen molar-refractivity contribution in [2.24, 2.45) is 0 Å². The molecule has 0 aromatic heterocycles. The van der Waals surface area contributed by atoms with Gasteiger partial charge in [0, 0.05) is 19.0 Å². The minimum atomic E-state index is -0.496. The van der Waals surface area contributed by atoms with E-state index < -0.39 is 23.9 Å². The first kappa shape index (κ1) is 22.9. The first-order chi connectivity index (χ1) is 13.8. The zero-order valence-electron chi connectivity index (χ0n) is 19.7. The number of ether oxygens (including phenoxy) is 2. The average Bonchev–Trinajstić information content (AvgIpc) is 2.87. The number of methoxy groups -OCH3 is 1. The topological polar surface area (TPSA) is 57.2 Å². The Labute approximate surface area is 181 Å². The number of piperidine rings is 1. The molecule has 2 saturated heterocycles. The van der Waals surface area contributed by atoms with Crippen molar-refractivity contribution < 1.29 is 23.6 Å². The summed E-state index contributed by atoms with van der Waals surface area (Å²) >= 11 is 0. The number of carbonyl (C=O) groups excluding carboxylic acids is 1. The monoisotopic (exact) mass is 417 g/mol. The van der Waals surface area contributed by atoms with Gasteiger partial charge in [0.2, 0.25) is 0 Å². The number of amides is 1. The van der Waals surface area contributed by atoms with E-state index in [1.165, 1.54) is 0 Å². The Bertz CT molecular complexity index is 770. The Kier molecular flexibility index (Phi) is 6.18. The smallest absolute Gasteiger partial charge is 0.494 e.